The molecule has 6 nitrogen and oxygen atoms in total. The molecule has 18 heavy (non-hydrogen) atoms. The second-order valence-electron chi connectivity index (χ2n) is 4.05. The third-order valence-electron chi connectivity index (χ3n) is 2.71. The van der Waals surface area contributed by atoms with E-state index in [1.54, 1.807) is 19.4 Å². The summed E-state index contributed by atoms with van der Waals surface area (Å²) < 4.78 is 1.46. The van der Waals surface area contributed by atoms with E-state index in [9.17, 15) is 4.79 Å². The minimum atomic E-state index is -0.246. The largest absolute Gasteiger partial charge is 0.396 e. The number of anilines is 1. The number of nitrogens with two attached hydrogens (primary N) is 1. The van der Waals surface area contributed by atoms with Crippen molar-refractivity contribution in [2.75, 3.05) is 5.73 Å². The van der Waals surface area contributed by atoms with Gasteiger partial charge in [0.1, 0.15) is 5.69 Å². The lowest BCUT2D eigenvalue weighted by atomic mass is 10.1. The minimum Gasteiger partial charge on any atom is -0.396 e. The number of nitrogens with zero attached hydrogens (tertiary/aromatic N) is 3. The first-order valence-corrected chi connectivity index (χ1v) is 5.58. The highest BCUT2D eigenvalue weighted by molar-refractivity contribution is 5.97. The summed E-state index contributed by atoms with van der Waals surface area (Å²) in [4.78, 5) is 16.1. The van der Waals surface area contributed by atoms with Gasteiger partial charge < -0.3 is 11.1 Å². The van der Waals surface area contributed by atoms with E-state index in [2.05, 4.69) is 15.4 Å². The molecule has 0 radical (unpaired) electrons. The third kappa shape index (κ3) is 2.32. The van der Waals surface area contributed by atoms with Crippen molar-refractivity contribution in [3.05, 3.63) is 42.0 Å². The fourth-order valence-electron chi connectivity index (χ4n) is 1.71. The fourth-order valence-corrected chi connectivity index (χ4v) is 1.71. The van der Waals surface area contributed by atoms with Crippen molar-refractivity contribution < 1.29 is 4.79 Å². The summed E-state index contributed by atoms with van der Waals surface area (Å²) in [5.41, 5.74) is 7.37. The van der Waals surface area contributed by atoms with Gasteiger partial charge in [-0.05, 0) is 18.6 Å². The molecular formula is C12H15N5O. The summed E-state index contributed by atoms with van der Waals surface area (Å²) >= 11 is 0. The Morgan fingerprint density at radius 3 is 2.83 bits per heavy atom. The number of aryl methyl sites for hydroxylation is 1. The van der Waals surface area contributed by atoms with E-state index >= 15 is 0 Å². The molecule has 6 heteroatoms. The SMILES string of the molecule is CC(NC(=O)c1c(N)cnn1C)c1cccnc1. The van der Waals surface area contributed by atoms with Crippen molar-refractivity contribution in [1.29, 1.82) is 0 Å². The van der Waals surface area contributed by atoms with E-state index in [0.29, 0.717) is 11.4 Å². The van der Waals surface area contributed by atoms with Crippen LogP contribution in [0.25, 0.3) is 0 Å². The predicted octanol–water partition coefficient (Wildman–Crippen LogP) is 0.888. The summed E-state index contributed by atoms with van der Waals surface area (Å²) in [6.07, 6.45) is 4.87. The molecule has 2 aromatic rings. The summed E-state index contributed by atoms with van der Waals surface area (Å²) in [5.74, 6) is -0.246. The summed E-state index contributed by atoms with van der Waals surface area (Å²) in [6.45, 7) is 1.89. The maximum atomic E-state index is 12.1. The smallest absolute Gasteiger partial charge is 0.272 e. The minimum absolute atomic E-state index is 0.138. The van der Waals surface area contributed by atoms with E-state index in [4.69, 9.17) is 5.73 Å². The second-order valence-corrected chi connectivity index (χ2v) is 4.05. The molecule has 0 aliphatic heterocycles. The van der Waals surface area contributed by atoms with Gasteiger partial charge in [0.15, 0.2) is 0 Å². The number of pyridine rings is 1. The number of aromatic nitrogens is 3. The van der Waals surface area contributed by atoms with Crippen molar-refractivity contribution >= 4 is 11.6 Å². The molecule has 0 saturated carbocycles. The highest BCUT2D eigenvalue weighted by atomic mass is 16.2. The van der Waals surface area contributed by atoms with E-state index in [1.165, 1.54) is 10.9 Å². The number of nitrogen functional groups attached to an aromatic ring is 1. The summed E-state index contributed by atoms with van der Waals surface area (Å²) in [7, 11) is 1.68. The first-order chi connectivity index (χ1) is 8.59. The molecule has 2 heterocycles. The van der Waals surface area contributed by atoms with Crippen molar-refractivity contribution in [2.45, 2.75) is 13.0 Å². The molecule has 0 saturated heterocycles. The third-order valence-corrected chi connectivity index (χ3v) is 2.71. The number of nitrogens with one attached hydrogen (secondary N) is 1. The maximum Gasteiger partial charge on any atom is 0.272 e. The first-order valence-electron chi connectivity index (χ1n) is 5.58. The average Bonchev–Trinajstić information content (AvgIpc) is 2.70. The van der Waals surface area contributed by atoms with Gasteiger partial charge in [-0.2, -0.15) is 5.10 Å². The zero-order chi connectivity index (χ0) is 13.1. The molecule has 2 rings (SSSR count). The zero-order valence-electron chi connectivity index (χ0n) is 10.3. The fraction of sp³-hybridized carbons (Fsp3) is 0.250. The van der Waals surface area contributed by atoms with Crippen LogP contribution in [0.2, 0.25) is 0 Å². The number of carbonyl (C=O) groups excluding carboxylic acids is 1. The lowest BCUT2D eigenvalue weighted by Gasteiger charge is -2.14. The van der Waals surface area contributed by atoms with Crippen molar-refractivity contribution in [3.8, 4) is 0 Å². The molecule has 0 aliphatic carbocycles. The first kappa shape index (κ1) is 12.1. The lowest BCUT2D eigenvalue weighted by Crippen LogP contribution is -2.29. The van der Waals surface area contributed by atoms with Crippen LogP contribution in [0, 0.1) is 0 Å². The van der Waals surface area contributed by atoms with Gasteiger partial charge in [-0.15, -0.1) is 0 Å². The Morgan fingerprint density at radius 1 is 1.50 bits per heavy atom. The monoisotopic (exact) mass is 245 g/mol. The summed E-state index contributed by atoms with van der Waals surface area (Å²) in [5, 5.41) is 6.80. The quantitative estimate of drug-likeness (QED) is 0.840. The van der Waals surface area contributed by atoms with Crippen molar-refractivity contribution in [3.63, 3.8) is 0 Å². The molecule has 0 spiro atoms. The molecule has 3 N–H and O–H groups in total. The Labute approximate surface area is 105 Å². The molecule has 94 valence electrons. The molecule has 0 bridgehead atoms. The Kier molecular flexibility index (Phi) is 3.27. The molecule has 1 atom stereocenters. The van der Waals surface area contributed by atoms with Crippen molar-refractivity contribution in [1.82, 2.24) is 20.1 Å². The van der Waals surface area contributed by atoms with Crippen LogP contribution < -0.4 is 11.1 Å². The van der Waals surface area contributed by atoms with Gasteiger partial charge in [-0.1, -0.05) is 6.07 Å². The van der Waals surface area contributed by atoms with Crippen LogP contribution in [0.15, 0.2) is 30.7 Å². The van der Waals surface area contributed by atoms with Crippen LogP contribution in [0.5, 0.6) is 0 Å². The molecule has 1 amide bonds. The maximum absolute atomic E-state index is 12.1. The Balaban J connectivity index is 2.13. The molecular weight excluding hydrogens is 230 g/mol. The van der Waals surface area contributed by atoms with E-state index in [0.717, 1.165) is 5.56 Å². The van der Waals surface area contributed by atoms with Crippen LogP contribution in [0.3, 0.4) is 0 Å². The molecule has 0 fully saturated rings. The van der Waals surface area contributed by atoms with E-state index in [1.807, 2.05) is 19.1 Å². The van der Waals surface area contributed by atoms with Crippen LogP contribution in [0.4, 0.5) is 5.69 Å². The number of amides is 1. The van der Waals surface area contributed by atoms with Gasteiger partial charge >= 0.3 is 0 Å². The summed E-state index contributed by atoms with van der Waals surface area (Å²) in [6, 6.07) is 3.60. The van der Waals surface area contributed by atoms with Gasteiger partial charge in [-0.3, -0.25) is 14.5 Å². The second kappa shape index (κ2) is 4.87. The van der Waals surface area contributed by atoms with Gasteiger partial charge in [-0.25, -0.2) is 0 Å². The van der Waals surface area contributed by atoms with Gasteiger partial charge in [0, 0.05) is 19.4 Å². The number of hydrogen-bond acceptors (Lipinski definition) is 4. The lowest BCUT2D eigenvalue weighted by molar-refractivity contribution is 0.0931. The number of hydrogen-bond donors (Lipinski definition) is 2. The van der Waals surface area contributed by atoms with Gasteiger partial charge in [0.2, 0.25) is 0 Å². The molecule has 1 unspecified atom stereocenters. The standard InChI is InChI=1S/C12H15N5O/c1-8(9-4-3-5-14-6-9)16-12(18)11-10(13)7-15-17(11)2/h3-8H,13H2,1-2H3,(H,16,18). The van der Waals surface area contributed by atoms with Crippen LogP contribution in [-0.4, -0.2) is 20.7 Å². The number of rotatable bonds is 3. The van der Waals surface area contributed by atoms with Crippen LogP contribution >= 0.6 is 0 Å². The van der Waals surface area contributed by atoms with Crippen molar-refractivity contribution in [2.24, 2.45) is 7.05 Å². The predicted molar refractivity (Wildman–Crippen MR) is 67.7 cm³/mol. The molecule has 0 aromatic carbocycles. The van der Waals surface area contributed by atoms with Crippen LogP contribution in [0.1, 0.15) is 29.0 Å². The number of carbonyl (C=O) groups is 1. The Bertz CT molecular complexity index is 529. The average molecular weight is 245 g/mol. The van der Waals surface area contributed by atoms with E-state index in [-0.39, 0.29) is 11.9 Å². The topological polar surface area (TPSA) is 85.8 Å². The molecule has 0 aliphatic rings. The van der Waals surface area contributed by atoms with Gasteiger partial charge in [0.05, 0.1) is 17.9 Å². The van der Waals surface area contributed by atoms with E-state index < -0.39 is 0 Å². The normalized spacial score (nSPS) is 12.1. The Hall–Kier alpha value is -2.37. The highest BCUT2D eigenvalue weighted by Crippen LogP contribution is 2.14. The Morgan fingerprint density at radius 2 is 2.28 bits per heavy atom. The highest BCUT2D eigenvalue weighted by Gasteiger charge is 2.17. The zero-order valence-corrected chi connectivity index (χ0v) is 10.3. The molecule has 2 aromatic heterocycles. The van der Waals surface area contributed by atoms with Gasteiger partial charge in [0.25, 0.3) is 5.91 Å². The van der Waals surface area contributed by atoms with Crippen LogP contribution in [-0.2, 0) is 7.05 Å².